The third-order valence-electron chi connectivity index (χ3n) is 2.21. The zero-order valence-corrected chi connectivity index (χ0v) is 7.64. The van der Waals surface area contributed by atoms with Gasteiger partial charge in [0, 0.05) is 17.5 Å². The Kier molecular flexibility index (Phi) is 2.19. The summed E-state index contributed by atoms with van der Waals surface area (Å²) in [5.74, 6) is 0. The van der Waals surface area contributed by atoms with E-state index >= 15 is 0 Å². The zero-order chi connectivity index (χ0) is 11.1. The van der Waals surface area contributed by atoms with E-state index < -0.39 is 11.7 Å². The topological polar surface area (TPSA) is 39.2 Å². The Balaban J connectivity index is 2.73. The Bertz CT molecular complexity index is 487. The molecule has 0 atom stereocenters. The van der Waals surface area contributed by atoms with E-state index in [9.17, 15) is 13.2 Å². The SMILES string of the molecule is NCc1coc2c(C(F)(F)F)cccc12. The first kappa shape index (κ1) is 10.0. The largest absolute Gasteiger partial charge is 0.463 e. The lowest BCUT2D eigenvalue weighted by molar-refractivity contribution is -0.136. The molecule has 1 heterocycles. The number of benzene rings is 1. The van der Waals surface area contributed by atoms with Crippen LogP contribution in [0.4, 0.5) is 13.2 Å². The van der Waals surface area contributed by atoms with Crippen LogP contribution in [-0.2, 0) is 12.7 Å². The maximum Gasteiger partial charge on any atom is 0.420 e. The summed E-state index contributed by atoms with van der Waals surface area (Å²) < 4.78 is 42.5. The minimum atomic E-state index is -4.40. The summed E-state index contributed by atoms with van der Waals surface area (Å²) >= 11 is 0. The highest BCUT2D eigenvalue weighted by molar-refractivity contribution is 5.84. The molecule has 80 valence electrons. The van der Waals surface area contributed by atoms with E-state index in [-0.39, 0.29) is 12.1 Å². The molecule has 1 aromatic heterocycles. The maximum absolute atomic E-state index is 12.5. The van der Waals surface area contributed by atoms with E-state index in [1.807, 2.05) is 0 Å². The van der Waals surface area contributed by atoms with Crippen LogP contribution in [0.3, 0.4) is 0 Å². The van der Waals surface area contributed by atoms with Crippen molar-refractivity contribution in [2.75, 3.05) is 0 Å². The van der Waals surface area contributed by atoms with Crippen molar-refractivity contribution >= 4 is 11.0 Å². The van der Waals surface area contributed by atoms with E-state index in [4.69, 9.17) is 10.2 Å². The Hall–Kier alpha value is -1.49. The number of hydrogen-bond acceptors (Lipinski definition) is 2. The lowest BCUT2D eigenvalue weighted by Crippen LogP contribution is -2.05. The van der Waals surface area contributed by atoms with Crippen LogP contribution in [0.25, 0.3) is 11.0 Å². The first-order valence-corrected chi connectivity index (χ1v) is 4.30. The molecule has 0 bridgehead atoms. The van der Waals surface area contributed by atoms with Crippen LogP contribution < -0.4 is 5.73 Å². The van der Waals surface area contributed by atoms with Crippen LogP contribution in [0.15, 0.2) is 28.9 Å². The van der Waals surface area contributed by atoms with Crippen LogP contribution in [0.2, 0.25) is 0 Å². The van der Waals surface area contributed by atoms with Crippen molar-refractivity contribution in [1.29, 1.82) is 0 Å². The van der Waals surface area contributed by atoms with Gasteiger partial charge in [-0.05, 0) is 6.07 Å². The highest BCUT2D eigenvalue weighted by Gasteiger charge is 2.34. The molecule has 0 aliphatic rings. The fourth-order valence-corrected chi connectivity index (χ4v) is 1.49. The zero-order valence-electron chi connectivity index (χ0n) is 7.64. The average Bonchev–Trinajstić information content (AvgIpc) is 2.58. The molecule has 0 spiro atoms. The number of para-hydroxylation sites is 1. The molecule has 0 saturated carbocycles. The second-order valence-corrected chi connectivity index (χ2v) is 3.15. The van der Waals surface area contributed by atoms with Gasteiger partial charge in [-0.25, -0.2) is 0 Å². The van der Waals surface area contributed by atoms with Crippen molar-refractivity contribution in [1.82, 2.24) is 0 Å². The second-order valence-electron chi connectivity index (χ2n) is 3.15. The Morgan fingerprint density at radius 1 is 1.27 bits per heavy atom. The highest BCUT2D eigenvalue weighted by Crippen LogP contribution is 2.36. The van der Waals surface area contributed by atoms with E-state index in [2.05, 4.69) is 0 Å². The van der Waals surface area contributed by atoms with E-state index in [1.165, 1.54) is 12.3 Å². The maximum atomic E-state index is 12.5. The number of halogens is 3. The molecule has 15 heavy (non-hydrogen) atoms. The number of furan rings is 1. The minimum absolute atomic E-state index is 0.148. The first-order valence-electron chi connectivity index (χ1n) is 4.30. The van der Waals surface area contributed by atoms with Crippen molar-refractivity contribution in [3.05, 3.63) is 35.6 Å². The molecule has 1 aromatic carbocycles. The molecular formula is C10H8F3NO. The van der Waals surface area contributed by atoms with Crippen molar-refractivity contribution in [2.24, 2.45) is 5.73 Å². The second kappa shape index (κ2) is 3.27. The van der Waals surface area contributed by atoms with Gasteiger partial charge in [-0.1, -0.05) is 12.1 Å². The summed E-state index contributed by atoms with van der Waals surface area (Å²) in [5.41, 5.74) is 5.05. The van der Waals surface area contributed by atoms with Gasteiger partial charge in [0.2, 0.25) is 0 Å². The standard InChI is InChI=1S/C10H8F3NO/c11-10(12,13)8-3-1-2-7-6(4-14)5-15-9(7)8/h1-3,5H,4,14H2. The van der Waals surface area contributed by atoms with Gasteiger partial charge in [0.25, 0.3) is 0 Å². The van der Waals surface area contributed by atoms with Gasteiger partial charge in [0.05, 0.1) is 11.8 Å². The fraction of sp³-hybridized carbons (Fsp3) is 0.200. The van der Waals surface area contributed by atoms with Crippen LogP contribution in [-0.4, -0.2) is 0 Å². The van der Waals surface area contributed by atoms with Gasteiger partial charge < -0.3 is 10.2 Å². The van der Waals surface area contributed by atoms with E-state index in [0.29, 0.717) is 10.9 Å². The third kappa shape index (κ3) is 1.59. The summed E-state index contributed by atoms with van der Waals surface area (Å²) in [4.78, 5) is 0. The smallest absolute Gasteiger partial charge is 0.420 e. The first-order chi connectivity index (χ1) is 7.04. The number of hydrogen-bond donors (Lipinski definition) is 1. The van der Waals surface area contributed by atoms with Crippen LogP contribution in [0.1, 0.15) is 11.1 Å². The Labute approximate surface area is 83.5 Å². The van der Waals surface area contributed by atoms with Crippen molar-refractivity contribution in [2.45, 2.75) is 12.7 Å². The monoisotopic (exact) mass is 215 g/mol. The molecule has 0 unspecified atom stereocenters. The fourth-order valence-electron chi connectivity index (χ4n) is 1.49. The Morgan fingerprint density at radius 2 is 2.00 bits per heavy atom. The lowest BCUT2D eigenvalue weighted by atomic mass is 10.1. The molecule has 5 heteroatoms. The molecule has 0 saturated heterocycles. The quantitative estimate of drug-likeness (QED) is 0.794. The van der Waals surface area contributed by atoms with Crippen molar-refractivity contribution in [3.8, 4) is 0 Å². The van der Waals surface area contributed by atoms with Gasteiger partial charge in [0.1, 0.15) is 5.58 Å². The molecule has 2 aromatic rings. The molecule has 0 radical (unpaired) electrons. The summed E-state index contributed by atoms with van der Waals surface area (Å²) in [6, 6.07) is 3.90. The van der Waals surface area contributed by atoms with Crippen LogP contribution in [0, 0.1) is 0 Å². The number of alkyl halides is 3. The number of fused-ring (bicyclic) bond motifs is 1. The Morgan fingerprint density at radius 3 is 2.60 bits per heavy atom. The third-order valence-corrected chi connectivity index (χ3v) is 2.21. The van der Waals surface area contributed by atoms with E-state index in [1.54, 1.807) is 6.07 Å². The minimum Gasteiger partial charge on any atom is -0.463 e. The van der Waals surface area contributed by atoms with Crippen molar-refractivity contribution < 1.29 is 17.6 Å². The van der Waals surface area contributed by atoms with E-state index in [0.717, 1.165) is 6.07 Å². The van der Waals surface area contributed by atoms with Crippen molar-refractivity contribution in [3.63, 3.8) is 0 Å². The summed E-state index contributed by atoms with van der Waals surface area (Å²) in [6.07, 6.45) is -3.14. The molecule has 2 rings (SSSR count). The van der Waals surface area contributed by atoms with Gasteiger partial charge in [-0.2, -0.15) is 13.2 Å². The van der Waals surface area contributed by atoms with Gasteiger partial charge >= 0.3 is 6.18 Å². The average molecular weight is 215 g/mol. The summed E-state index contributed by atoms with van der Waals surface area (Å²) in [7, 11) is 0. The lowest BCUT2D eigenvalue weighted by Gasteiger charge is -2.06. The van der Waals surface area contributed by atoms with Crippen LogP contribution >= 0.6 is 0 Å². The van der Waals surface area contributed by atoms with Gasteiger partial charge in [-0.3, -0.25) is 0 Å². The summed E-state index contributed by atoms with van der Waals surface area (Å²) in [6.45, 7) is 0.161. The molecule has 0 amide bonds. The molecule has 0 fully saturated rings. The predicted octanol–water partition coefficient (Wildman–Crippen LogP) is 2.91. The predicted molar refractivity (Wildman–Crippen MR) is 49.1 cm³/mol. The normalized spacial score (nSPS) is 12.3. The molecule has 2 N–H and O–H groups in total. The van der Waals surface area contributed by atoms with Crippen LogP contribution in [0.5, 0.6) is 0 Å². The molecular weight excluding hydrogens is 207 g/mol. The number of nitrogens with two attached hydrogens (primary N) is 1. The molecule has 0 aliphatic carbocycles. The molecule has 0 aliphatic heterocycles. The van der Waals surface area contributed by atoms with Gasteiger partial charge in [-0.15, -0.1) is 0 Å². The van der Waals surface area contributed by atoms with Gasteiger partial charge in [0.15, 0.2) is 0 Å². The highest BCUT2D eigenvalue weighted by atomic mass is 19.4. The molecule has 2 nitrogen and oxygen atoms in total. The number of rotatable bonds is 1. The summed E-state index contributed by atoms with van der Waals surface area (Å²) in [5, 5.41) is 0.423.